The van der Waals surface area contributed by atoms with Crippen molar-refractivity contribution in [3.63, 3.8) is 0 Å². The number of anilines is 1. The van der Waals surface area contributed by atoms with Crippen LogP contribution in [0.5, 0.6) is 0 Å². The summed E-state index contributed by atoms with van der Waals surface area (Å²) in [5, 5.41) is 0.267. The second-order valence-electron chi connectivity index (χ2n) is 5.61. The molecular weight excluding hydrogens is 278 g/mol. The molecule has 5 heteroatoms. The van der Waals surface area contributed by atoms with Crippen molar-refractivity contribution in [2.75, 3.05) is 12.3 Å². The van der Waals surface area contributed by atoms with E-state index in [-0.39, 0.29) is 16.7 Å². The number of carbonyl (C=O) groups excluding carboxylic acids is 1. The van der Waals surface area contributed by atoms with E-state index in [1.165, 1.54) is 6.42 Å². The molecule has 3 rings (SSSR count). The van der Waals surface area contributed by atoms with E-state index in [2.05, 4.69) is 0 Å². The van der Waals surface area contributed by atoms with Crippen molar-refractivity contribution in [3.8, 4) is 0 Å². The summed E-state index contributed by atoms with van der Waals surface area (Å²) in [5.41, 5.74) is 6.39. The quantitative estimate of drug-likeness (QED) is 0.672. The predicted molar refractivity (Wildman–Crippen MR) is 76.8 cm³/mol. The number of nitrogens with two attached hydrogens (primary N) is 1. The number of halogens is 1. The Labute approximate surface area is 123 Å². The highest BCUT2D eigenvalue weighted by Crippen LogP contribution is 2.43. The van der Waals surface area contributed by atoms with Crippen molar-refractivity contribution in [3.05, 3.63) is 28.8 Å². The van der Waals surface area contributed by atoms with Crippen LogP contribution in [0.3, 0.4) is 0 Å². The number of hydrogen-bond donors (Lipinski definition) is 1. The molecule has 2 N–H and O–H groups in total. The number of hydrogen-bond acceptors (Lipinski definition) is 4. The maximum atomic E-state index is 12.2. The van der Waals surface area contributed by atoms with Gasteiger partial charge in [-0.05, 0) is 31.4 Å². The Bertz CT molecular complexity index is 528. The van der Waals surface area contributed by atoms with Crippen LogP contribution in [0.1, 0.15) is 42.5 Å². The molecule has 20 heavy (non-hydrogen) atoms. The molecule has 1 atom stereocenters. The average molecular weight is 296 g/mol. The SMILES string of the molecule is Nc1cccc(C(=O)OC2CCOC3(CCC3)C2)c1Cl. The van der Waals surface area contributed by atoms with E-state index in [1.54, 1.807) is 18.2 Å². The number of ether oxygens (including phenoxy) is 2. The van der Waals surface area contributed by atoms with Crippen molar-refractivity contribution >= 4 is 23.3 Å². The Morgan fingerprint density at radius 1 is 1.45 bits per heavy atom. The Hall–Kier alpha value is -1.26. The molecule has 1 saturated heterocycles. The molecule has 0 aromatic heterocycles. The van der Waals surface area contributed by atoms with Gasteiger partial charge in [-0.1, -0.05) is 17.7 Å². The third-order valence-electron chi connectivity index (χ3n) is 4.23. The van der Waals surface area contributed by atoms with Gasteiger partial charge >= 0.3 is 5.97 Å². The van der Waals surface area contributed by atoms with Gasteiger partial charge in [-0.2, -0.15) is 0 Å². The first-order valence-electron chi connectivity index (χ1n) is 6.99. The predicted octanol–water partition coefficient (Wildman–Crippen LogP) is 3.18. The zero-order valence-corrected chi connectivity index (χ0v) is 12.0. The van der Waals surface area contributed by atoms with Crippen molar-refractivity contribution in [1.82, 2.24) is 0 Å². The Kier molecular flexibility index (Phi) is 3.61. The number of rotatable bonds is 2. The van der Waals surface area contributed by atoms with Gasteiger partial charge in [0.15, 0.2) is 0 Å². The van der Waals surface area contributed by atoms with Gasteiger partial charge in [-0.25, -0.2) is 4.79 Å². The molecule has 1 spiro atoms. The number of nitrogen functional groups attached to an aromatic ring is 1. The van der Waals surface area contributed by atoms with Crippen molar-refractivity contribution < 1.29 is 14.3 Å². The maximum Gasteiger partial charge on any atom is 0.340 e. The summed E-state index contributed by atoms with van der Waals surface area (Å²) < 4.78 is 11.4. The van der Waals surface area contributed by atoms with Crippen LogP contribution < -0.4 is 5.73 Å². The molecule has 1 aromatic rings. The molecule has 1 aliphatic heterocycles. The molecule has 1 aliphatic carbocycles. The summed E-state index contributed by atoms with van der Waals surface area (Å²) in [6.45, 7) is 0.655. The van der Waals surface area contributed by atoms with E-state index in [0.29, 0.717) is 17.9 Å². The number of carbonyl (C=O) groups is 1. The van der Waals surface area contributed by atoms with Crippen LogP contribution in [0.4, 0.5) is 5.69 Å². The number of esters is 1. The van der Waals surface area contributed by atoms with Gasteiger partial charge in [0, 0.05) is 12.8 Å². The zero-order valence-electron chi connectivity index (χ0n) is 11.2. The third kappa shape index (κ3) is 2.50. The molecule has 1 saturated carbocycles. The smallest absolute Gasteiger partial charge is 0.340 e. The molecule has 1 aromatic carbocycles. The fourth-order valence-electron chi connectivity index (χ4n) is 2.93. The normalized spacial score (nSPS) is 24.1. The minimum atomic E-state index is -0.399. The van der Waals surface area contributed by atoms with Crippen LogP contribution in [0, 0.1) is 0 Å². The van der Waals surface area contributed by atoms with Gasteiger partial charge in [0.1, 0.15) is 6.10 Å². The first-order valence-corrected chi connectivity index (χ1v) is 7.36. The second-order valence-corrected chi connectivity index (χ2v) is 5.99. The van der Waals surface area contributed by atoms with Crippen molar-refractivity contribution in [2.45, 2.75) is 43.8 Å². The lowest BCUT2D eigenvalue weighted by atomic mass is 9.74. The number of benzene rings is 1. The molecule has 1 unspecified atom stereocenters. The van der Waals surface area contributed by atoms with Crippen LogP contribution in [0.15, 0.2) is 18.2 Å². The Morgan fingerprint density at radius 2 is 2.25 bits per heavy atom. The largest absolute Gasteiger partial charge is 0.459 e. The van der Waals surface area contributed by atoms with E-state index in [0.717, 1.165) is 25.7 Å². The highest BCUT2D eigenvalue weighted by atomic mass is 35.5. The maximum absolute atomic E-state index is 12.2. The standard InChI is InChI=1S/C15H18ClNO3/c16-13-11(3-1-4-12(13)17)14(18)20-10-5-8-19-15(9-10)6-2-7-15/h1,3-4,10H,2,5-9,17H2. The van der Waals surface area contributed by atoms with Crippen LogP contribution in [-0.2, 0) is 9.47 Å². The molecule has 108 valence electrons. The van der Waals surface area contributed by atoms with Crippen molar-refractivity contribution in [1.29, 1.82) is 0 Å². The van der Waals surface area contributed by atoms with Crippen LogP contribution in [-0.4, -0.2) is 24.3 Å². The van der Waals surface area contributed by atoms with E-state index >= 15 is 0 Å². The van der Waals surface area contributed by atoms with Crippen LogP contribution >= 0.6 is 11.6 Å². The second kappa shape index (κ2) is 5.26. The molecular formula is C15H18ClNO3. The topological polar surface area (TPSA) is 61.6 Å². The fourth-order valence-corrected chi connectivity index (χ4v) is 3.13. The Balaban J connectivity index is 1.68. The summed E-state index contributed by atoms with van der Waals surface area (Å²) in [5.74, 6) is -0.399. The highest BCUT2D eigenvalue weighted by molar-refractivity contribution is 6.36. The lowest BCUT2D eigenvalue weighted by Gasteiger charge is -2.46. The first kappa shape index (κ1) is 13.7. The lowest BCUT2D eigenvalue weighted by Crippen LogP contribution is -2.48. The summed E-state index contributed by atoms with van der Waals surface area (Å²) >= 11 is 6.05. The van der Waals surface area contributed by atoms with Gasteiger partial charge in [-0.3, -0.25) is 0 Å². The van der Waals surface area contributed by atoms with Gasteiger partial charge < -0.3 is 15.2 Å². The van der Waals surface area contributed by atoms with Gasteiger partial charge in [0.25, 0.3) is 0 Å². The van der Waals surface area contributed by atoms with Crippen LogP contribution in [0.2, 0.25) is 5.02 Å². The monoisotopic (exact) mass is 295 g/mol. The van der Waals surface area contributed by atoms with Crippen molar-refractivity contribution in [2.24, 2.45) is 0 Å². The molecule has 0 amide bonds. The zero-order chi connectivity index (χ0) is 14.2. The average Bonchev–Trinajstić information content (AvgIpc) is 2.40. The summed E-state index contributed by atoms with van der Waals surface area (Å²) in [7, 11) is 0. The fraction of sp³-hybridized carbons (Fsp3) is 0.533. The van der Waals surface area contributed by atoms with E-state index in [1.807, 2.05) is 0 Å². The molecule has 1 heterocycles. The van der Waals surface area contributed by atoms with E-state index < -0.39 is 5.97 Å². The third-order valence-corrected chi connectivity index (χ3v) is 4.66. The minimum absolute atomic E-state index is 0.0390. The molecule has 0 radical (unpaired) electrons. The minimum Gasteiger partial charge on any atom is -0.459 e. The van der Waals surface area contributed by atoms with Gasteiger partial charge in [0.05, 0.1) is 28.5 Å². The highest BCUT2D eigenvalue weighted by Gasteiger charge is 2.43. The van der Waals surface area contributed by atoms with Gasteiger partial charge in [0.2, 0.25) is 0 Å². The summed E-state index contributed by atoms with van der Waals surface area (Å²) in [4.78, 5) is 12.2. The van der Waals surface area contributed by atoms with E-state index in [9.17, 15) is 4.79 Å². The van der Waals surface area contributed by atoms with E-state index in [4.69, 9.17) is 26.8 Å². The summed E-state index contributed by atoms with van der Waals surface area (Å²) in [6, 6.07) is 5.01. The molecule has 2 fully saturated rings. The first-order chi connectivity index (χ1) is 9.60. The van der Waals surface area contributed by atoms with Gasteiger partial charge in [-0.15, -0.1) is 0 Å². The van der Waals surface area contributed by atoms with Crippen LogP contribution in [0.25, 0.3) is 0 Å². The molecule has 4 nitrogen and oxygen atoms in total. The molecule has 2 aliphatic rings. The Morgan fingerprint density at radius 3 is 2.95 bits per heavy atom. The lowest BCUT2D eigenvalue weighted by molar-refractivity contribution is -0.159. The summed E-state index contributed by atoms with van der Waals surface area (Å²) in [6.07, 6.45) is 4.78. The molecule has 0 bridgehead atoms.